The van der Waals surface area contributed by atoms with Crippen LogP contribution in [0.15, 0.2) is 36.7 Å². The fourth-order valence-corrected chi connectivity index (χ4v) is 2.77. The van der Waals surface area contributed by atoms with E-state index in [4.69, 9.17) is 9.84 Å². The van der Waals surface area contributed by atoms with E-state index in [1.807, 2.05) is 30.3 Å². The lowest BCUT2D eigenvalue weighted by molar-refractivity contribution is -0.139. The van der Waals surface area contributed by atoms with Gasteiger partial charge in [-0.1, -0.05) is 18.2 Å². The fraction of sp³-hybridized carbons (Fsp3) is 0.375. The first kappa shape index (κ1) is 16.1. The zero-order chi connectivity index (χ0) is 17.0. The topological polar surface area (TPSA) is 106 Å². The highest BCUT2D eigenvalue weighted by Crippen LogP contribution is 2.25. The monoisotopic (exact) mass is 330 g/mol. The first-order valence-electron chi connectivity index (χ1n) is 7.67. The molecule has 1 fully saturated rings. The van der Waals surface area contributed by atoms with Crippen molar-refractivity contribution in [1.29, 1.82) is 0 Å². The average Bonchev–Trinajstić information content (AvgIpc) is 3.06. The van der Waals surface area contributed by atoms with Crippen LogP contribution in [-0.4, -0.2) is 50.5 Å². The zero-order valence-corrected chi connectivity index (χ0v) is 13.0. The number of ether oxygens (including phenoxy) is 1. The Balaban J connectivity index is 1.76. The molecule has 2 N–H and O–H groups in total. The maximum Gasteiger partial charge on any atom is 0.305 e. The van der Waals surface area contributed by atoms with Gasteiger partial charge in [-0.25, -0.2) is 9.67 Å². The van der Waals surface area contributed by atoms with Gasteiger partial charge in [-0.05, 0) is 25.0 Å². The van der Waals surface area contributed by atoms with Crippen molar-refractivity contribution in [2.24, 2.45) is 0 Å². The largest absolute Gasteiger partial charge is 0.481 e. The molecular formula is C16H18N4O4. The maximum absolute atomic E-state index is 12.5. The predicted octanol–water partition coefficient (Wildman–Crippen LogP) is 1.02. The molecule has 0 radical (unpaired) electrons. The maximum atomic E-state index is 12.5. The molecule has 0 saturated carbocycles. The summed E-state index contributed by atoms with van der Waals surface area (Å²) in [6, 6.07) is 9.30. The molecule has 1 aliphatic rings. The lowest BCUT2D eigenvalue weighted by atomic mass is 9.86. The van der Waals surface area contributed by atoms with Crippen LogP contribution in [0.25, 0.3) is 5.69 Å². The third kappa shape index (κ3) is 3.60. The van der Waals surface area contributed by atoms with Crippen molar-refractivity contribution >= 4 is 11.9 Å². The van der Waals surface area contributed by atoms with E-state index in [1.54, 1.807) is 0 Å². The minimum atomic E-state index is -0.958. The van der Waals surface area contributed by atoms with Gasteiger partial charge >= 0.3 is 5.97 Å². The first-order valence-corrected chi connectivity index (χ1v) is 7.67. The van der Waals surface area contributed by atoms with Crippen molar-refractivity contribution in [2.45, 2.75) is 24.8 Å². The van der Waals surface area contributed by atoms with Gasteiger partial charge in [-0.2, -0.15) is 0 Å². The normalized spacial score (nSPS) is 16.5. The van der Waals surface area contributed by atoms with E-state index in [2.05, 4.69) is 15.4 Å². The lowest BCUT2D eigenvalue weighted by Gasteiger charge is -2.36. The van der Waals surface area contributed by atoms with Gasteiger partial charge in [0.25, 0.3) is 5.91 Å². The summed E-state index contributed by atoms with van der Waals surface area (Å²) < 4.78 is 6.78. The third-order valence-corrected chi connectivity index (χ3v) is 4.03. The minimum Gasteiger partial charge on any atom is -0.481 e. The molecule has 1 aromatic carbocycles. The molecule has 0 aliphatic carbocycles. The highest BCUT2D eigenvalue weighted by atomic mass is 16.5. The molecule has 3 rings (SSSR count). The van der Waals surface area contributed by atoms with Gasteiger partial charge in [0.05, 0.1) is 17.6 Å². The number of carboxylic acid groups (broad SMARTS) is 1. The van der Waals surface area contributed by atoms with Crippen molar-refractivity contribution in [3.8, 4) is 5.69 Å². The SMILES string of the molecule is O=C(O)CC1(NC(=O)c2ncn(-c3ccccc3)n2)CCOCC1. The molecule has 1 aliphatic heterocycles. The second kappa shape index (κ2) is 6.79. The Morgan fingerprint density at radius 1 is 1.25 bits per heavy atom. The molecule has 2 heterocycles. The van der Waals surface area contributed by atoms with Crippen LogP contribution < -0.4 is 5.32 Å². The number of amides is 1. The number of para-hydroxylation sites is 1. The highest BCUT2D eigenvalue weighted by molar-refractivity contribution is 5.91. The summed E-state index contributed by atoms with van der Waals surface area (Å²) in [5.74, 6) is -1.43. The molecule has 24 heavy (non-hydrogen) atoms. The van der Waals surface area contributed by atoms with Crippen LogP contribution in [0.4, 0.5) is 0 Å². The molecule has 0 unspecified atom stereocenters. The Kier molecular flexibility index (Phi) is 4.57. The summed E-state index contributed by atoms with van der Waals surface area (Å²) in [4.78, 5) is 27.6. The van der Waals surface area contributed by atoms with E-state index < -0.39 is 17.4 Å². The Hall–Kier alpha value is -2.74. The van der Waals surface area contributed by atoms with Crippen LogP contribution in [0.5, 0.6) is 0 Å². The Morgan fingerprint density at radius 3 is 2.62 bits per heavy atom. The second-order valence-electron chi connectivity index (χ2n) is 5.77. The summed E-state index contributed by atoms with van der Waals surface area (Å²) in [7, 11) is 0. The third-order valence-electron chi connectivity index (χ3n) is 4.03. The molecule has 0 atom stereocenters. The summed E-state index contributed by atoms with van der Waals surface area (Å²) in [6.07, 6.45) is 2.20. The lowest BCUT2D eigenvalue weighted by Crippen LogP contribution is -2.53. The van der Waals surface area contributed by atoms with Crippen molar-refractivity contribution < 1.29 is 19.4 Å². The standard InChI is InChI=1S/C16H18N4O4/c21-13(22)10-16(6-8-24-9-7-16)18-15(23)14-17-11-20(19-14)12-4-2-1-3-5-12/h1-5,11H,6-10H2,(H,18,23)(H,21,22). The van der Waals surface area contributed by atoms with Gasteiger partial charge in [0.15, 0.2) is 0 Å². The van der Waals surface area contributed by atoms with E-state index in [1.165, 1.54) is 11.0 Å². The molecule has 0 bridgehead atoms. The number of hydrogen-bond acceptors (Lipinski definition) is 5. The second-order valence-corrected chi connectivity index (χ2v) is 5.77. The molecule has 2 aromatic rings. The van der Waals surface area contributed by atoms with Crippen LogP contribution in [0.2, 0.25) is 0 Å². The summed E-state index contributed by atoms with van der Waals surface area (Å²) >= 11 is 0. The number of benzene rings is 1. The van der Waals surface area contributed by atoms with E-state index in [0.717, 1.165) is 5.69 Å². The van der Waals surface area contributed by atoms with Crippen LogP contribution in [0.1, 0.15) is 29.9 Å². The van der Waals surface area contributed by atoms with Gasteiger partial charge in [0, 0.05) is 13.2 Å². The van der Waals surface area contributed by atoms with E-state index >= 15 is 0 Å². The number of carboxylic acids is 1. The van der Waals surface area contributed by atoms with Crippen molar-refractivity contribution in [3.05, 3.63) is 42.5 Å². The van der Waals surface area contributed by atoms with Crippen molar-refractivity contribution in [1.82, 2.24) is 20.1 Å². The van der Waals surface area contributed by atoms with E-state index in [9.17, 15) is 9.59 Å². The van der Waals surface area contributed by atoms with Gasteiger partial charge in [0.2, 0.25) is 5.82 Å². The average molecular weight is 330 g/mol. The van der Waals surface area contributed by atoms with E-state index in [0.29, 0.717) is 26.1 Å². The van der Waals surface area contributed by atoms with Gasteiger partial charge < -0.3 is 15.2 Å². The number of aliphatic carboxylic acids is 1. The molecule has 1 amide bonds. The first-order chi connectivity index (χ1) is 11.6. The molecular weight excluding hydrogens is 312 g/mol. The summed E-state index contributed by atoms with van der Waals surface area (Å²) in [6.45, 7) is 0.832. The Bertz CT molecular complexity index is 723. The minimum absolute atomic E-state index is 0.00936. The number of hydrogen-bond donors (Lipinski definition) is 2. The van der Waals surface area contributed by atoms with Crippen LogP contribution in [-0.2, 0) is 9.53 Å². The summed E-state index contributed by atoms with van der Waals surface area (Å²) in [5.41, 5.74) is -0.0327. The molecule has 1 aromatic heterocycles. The molecule has 126 valence electrons. The highest BCUT2D eigenvalue weighted by Gasteiger charge is 2.37. The van der Waals surface area contributed by atoms with E-state index in [-0.39, 0.29) is 12.2 Å². The number of nitrogens with zero attached hydrogens (tertiary/aromatic N) is 3. The number of nitrogens with one attached hydrogen (secondary N) is 1. The van der Waals surface area contributed by atoms with Crippen molar-refractivity contribution in [3.63, 3.8) is 0 Å². The Morgan fingerprint density at radius 2 is 1.96 bits per heavy atom. The molecule has 1 saturated heterocycles. The predicted molar refractivity (Wildman–Crippen MR) is 83.9 cm³/mol. The van der Waals surface area contributed by atoms with Crippen LogP contribution in [0, 0.1) is 0 Å². The van der Waals surface area contributed by atoms with Gasteiger partial charge in [-0.3, -0.25) is 9.59 Å². The van der Waals surface area contributed by atoms with Crippen molar-refractivity contribution in [2.75, 3.05) is 13.2 Å². The van der Waals surface area contributed by atoms with Gasteiger partial charge in [0.1, 0.15) is 6.33 Å². The molecule has 0 spiro atoms. The number of aromatic nitrogens is 3. The zero-order valence-electron chi connectivity index (χ0n) is 13.0. The van der Waals surface area contributed by atoms with Gasteiger partial charge in [-0.15, -0.1) is 5.10 Å². The summed E-state index contributed by atoms with van der Waals surface area (Å²) in [5, 5.41) is 16.1. The molecule has 8 nitrogen and oxygen atoms in total. The van der Waals surface area contributed by atoms with Crippen LogP contribution in [0.3, 0.4) is 0 Å². The Labute approximate surface area is 138 Å². The number of carbonyl (C=O) groups is 2. The molecule has 8 heteroatoms. The fourth-order valence-electron chi connectivity index (χ4n) is 2.77. The number of carbonyl (C=O) groups excluding carboxylic acids is 1. The van der Waals surface area contributed by atoms with Crippen LogP contribution >= 0.6 is 0 Å². The number of rotatable bonds is 5. The quantitative estimate of drug-likeness (QED) is 0.848. The smallest absolute Gasteiger partial charge is 0.305 e.